The molecule has 0 aliphatic heterocycles. The molecular formula is C12H26O4. The van der Waals surface area contributed by atoms with Crippen molar-refractivity contribution in [3.05, 3.63) is 0 Å². The van der Waals surface area contributed by atoms with Crippen LogP contribution in [0.5, 0.6) is 0 Å². The van der Waals surface area contributed by atoms with Crippen LogP contribution in [0.4, 0.5) is 0 Å². The Kier molecular flexibility index (Phi) is 11.2. The first kappa shape index (κ1) is 15.8. The lowest BCUT2D eigenvalue weighted by Crippen LogP contribution is -2.23. The summed E-state index contributed by atoms with van der Waals surface area (Å²) in [5, 5.41) is 9.62. The van der Waals surface area contributed by atoms with Gasteiger partial charge in [0.2, 0.25) is 0 Å². The highest BCUT2D eigenvalue weighted by Gasteiger charge is 2.11. The molecule has 0 aromatic carbocycles. The Balaban J connectivity index is 3.14. The van der Waals surface area contributed by atoms with E-state index in [0.29, 0.717) is 39.0 Å². The zero-order valence-corrected chi connectivity index (χ0v) is 10.8. The van der Waals surface area contributed by atoms with Gasteiger partial charge in [0.05, 0.1) is 25.9 Å². The smallest absolute Gasteiger partial charge is 0.0799 e. The summed E-state index contributed by atoms with van der Waals surface area (Å²) in [4.78, 5) is 0. The molecule has 0 aromatic rings. The fraction of sp³-hybridized carbons (Fsp3) is 1.00. The zero-order chi connectivity index (χ0) is 12.2. The van der Waals surface area contributed by atoms with E-state index in [9.17, 15) is 5.11 Å². The third-order valence-electron chi connectivity index (χ3n) is 2.60. The predicted molar refractivity (Wildman–Crippen MR) is 63.6 cm³/mol. The fourth-order valence-electron chi connectivity index (χ4n) is 1.15. The van der Waals surface area contributed by atoms with Crippen molar-refractivity contribution in [1.82, 2.24) is 0 Å². The van der Waals surface area contributed by atoms with Gasteiger partial charge < -0.3 is 19.3 Å². The molecular weight excluding hydrogens is 208 g/mol. The van der Waals surface area contributed by atoms with Crippen molar-refractivity contribution < 1.29 is 19.3 Å². The maximum Gasteiger partial charge on any atom is 0.0799 e. The number of rotatable bonds is 11. The van der Waals surface area contributed by atoms with E-state index < -0.39 is 0 Å². The van der Waals surface area contributed by atoms with Crippen molar-refractivity contribution >= 4 is 0 Å². The summed E-state index contributed by atoms with van der Waals surface area (Å²) in [5.74, 6) is 0.304. The Labute approximate surface area is 98.9 Å². The van der Waals surface area contributed by atoms with Crippen LogP contribution in [0.1, 0.15) is 26.7 Å². The average Bonchev–Trinajstić information content (AvgIpc) is 2.31. The molecule has 98 valence electrons. The van der Waals surface area contributed by atoms with Gasteiger partial charge in [-0.2, -0.15) is 0 Å². The molecule has 4 heteroatoms. The van der Waals surface area contributed by atoms with E-state index in [1.165, 1.54) is 0 Å². The van der Waals surface area contributed by atoms with Crippen LogP contribution in [-0.4, -0.2) is 51.4 Å². The Morgan fingerprint density at radius 2 is 1.75 bits per heavy atom. The molecule has 0 aromatic heterocycles. The SMILES string of the molecule is CCC(C)C(O)COCCCOCCOC. The summed E-state index contributed by atoms with van der Waals surface area (Å²) in [7, 11) is 1.66. The van der Waals surface area contributed by atoms with Gasteiger partial charge >= 0.3 is 0 Å². The van der Waals surface area contributed by atoms with Gasteiger partial charge in [-0.1, -0.05) is 20.3 Å². The number of hydrogen-bond donors (Lipinski definition) is 1. The van der Waals surface area contributed by atoms with Crippen molar-refractivity contribution in [3.63, 3.8) is 0 Å². The molecule has 0 rings (SSSR count). The third kappa shape index (κ3) is 9.09. The number of ether oxygens (including phenoxy) is 3. The first-order valence-corrected chi connectivity index (χ1v) is 6.04. The maximum atomic E-state index is 9.62. The minimum atomic E-state index is -0.348. The minimum absolute atomic E-state index is 0.304. The second kappa shape index (κ2) is 11.3. The van der Waals surface area contributed by atoms with Crippen LogP contribution in [0.15, 0.2) is 0 Å². The van der Waals surface area contributed by atoms with Crippen LogP contribution < -0.4 is 0 Å². The van der Waals surface area contributed by atoms with Crippen molar-refractivity contribution in [3.8, 4) is 0 Å². The van der Waals surface area contributed by atoms with Gasteiger partial charge in [0, 0.05) is 20.3 Å². The van der Waals surface area contributed by atoms with Gasteiger partial charge in [0.1, 0.15) is 0 Å². The second-order valence-electron chi connectivity index (χ2n) is 3.99. The molecule has 0 aliphatic rings. The van der Waals surface area contributed by atoms with Crippen molar-refractivity contribution in [2.75, 3.05) is 40.1 Å². The normalized spacial score (nSPS) is 15.0. The second-order valence-corrected chi connectivity index (χ2v) is 3.99. The van der Waals surface area contributed by atoms with E-state index in [1.54, 1.807) is 7.11 Å². The highest BCUT2D eigenvalue weighted by Crippen LogP contribution is 2.07. The summed E-state index contributed by atoms with van der Waals surface area (Å²) in [6, 6.07) is 0. The largest absolute Gasteiger partial charge is 0.390 e. The van der Waals surface area contributed by atoms with Crippen molar-refractivity contribution in [1.29, 1.82) is 0 Å². The summed E-state index contributed by atoms with van der Waals surface area (Å²) in [5.41, 5.74) is 0. The highest BCUT2D eigenvalue weighted by molar-refractivity contribution is 4.61. The van der Waals surface area contributed by atoms with Gasteiger partial charge in [-0.15, -0.1) is 0 Å². The van der Waals surface area contributed by atoms with Gasteiger partial charge in [-0.25, -0.2) is 0 Å². The quantitative estimate of drug-likeness (QED) is 0.550. The first-order valence-electron chi connectivity index (χ1n) is 6.04. The van der Waals surface area contributed by atoms with E-state index in [1.807, 2.05) is 6.92 Å². The molecule has 4 nitrogen and oxygen atoms in total. The van der Waals surface area contributed by atoms with Gasteiger partial charge in [-0.3, -0.25) is 0 Å². The Bertz CT molecular complexity index is 141. The fourth-order valence-corrected chi connectivity index (χ4v) is 1.15. The monoisotopic (exact) mass is 234 g/mol. The van der Waals surface area contributed by atoms with Gasteiger partial charge in [-0.05, 0) is 12.3 Å². The maximum absolute atomic E-state index is 9.62. The zero-order valence-electron chi connectivity index (χ0n) is 10.8. The lowest BCUT2D eigenvalue weighted by atomic mass is 10.0. The Morgan fingerprint density at radius 3 is 2.38 bits per heavy atom. The Morgan fingerprint density at radius 1 is 1.06 bits per heavy atom. The molecule has 2 atom stereocenters. The van der Waals surface area contributed by atoms with E-state index in [4.69, 9.17) is 14.2 Å². The van der Waals surface area contributed by atoms with E-state index in [0.717, 1.165) is 12.8 Å². The molecule has 0 aliphatic carbocycles. The van der Waals surface area contributed by atoms with Crippen molar-refractivity contribution in [2.45, 2.75) is 32.8 Å². The summed E-state index contributed by atoms with van der Waals surface area (Å²) in [6.45, 7) is 7.11. The molecule has 1 N–H and O–H groups in total. The minimum Gasteiger partial charge on any atom is -0.390 e. The van der Waals surface area contributed by atoms with E-state index in [2.05, 4.69) is 6.92 Å². The van der Waals surface area contributed by atoms with Gasteiger partial charge in [0.15, 0.2) is 0 Å². The molecule has 0 radical (unpaired) electrons. The first-order chi connectivity index (χ1) is 7.72. The van der Waals surface area contributed by atoms with Crippen LogP contribution in [-0.2, 0) is 14.2 Å². The predicted octanol–water partition coefficient (Wildman–Crippen LogP) is 1.46. The average molecular weight is 234 g/mol. The summed E-state index contributed by atoms with van der Waals surface area (Å²) < 4.78 is 15.5. The molecule has 2 unspecified atom stereocenters. The molecule has 0 spiro atoms. The molecule has 0 bridgehead atoms. The lowest BCUT2D eigenvalue weighted by Gasteiger charge is -2.16. The number of aliphatic hydroxyl groups is 1. The Hall–Kier alpha value is -0.160. The van der Waals surface area contributed by atoms with Crippen LogP contribution in [0, 0.1) is 5.92 Å². The van der Waals surface area contributed by atoms with Crippen LogP contribution in [0.3, 0.4) is 0 Å². The molecule has 0 heterocycles. The molecule has 0 amide bonds. The number of aliphatic hydroxyl groups excluding tert-OH is 1. The summed E-state index contributed by atoms with van der Waals surface area (Å²) >= 11 is 0. The van der Waals surface area contributed by atoms with Crippen LogP contribution in [0.25, 0.3) is 0 Å². The summed E-state index contributed by atoms with van der Waals surface area (Å²) in [6.07, 6.45) is 1.49. The lowest BCUT2D eigenvalue weighted by molar-refractivity contribution is -0.00184. The molecule has 0 saturated heterocycles. The third-order valence-corrected chi connectivity index (χ3v) is 2.60. The number of methoxy groups -OCH3 is 1. The van der Waals surface area contributed by atoms with Gasteiger partial charge in [0.25, 0.3) is 0 Å². The van der Waals surface area contributed by atoms with Crippen LogP contribution in [0.2, 0.25) is 0 Å². The molecule has 0 saturated carbocycles. The van der Waals surface area contributed by atoms with E-state index in [-0.39, 0.29) is 6.10 Å². The molecule has 0 fully saturated rings. The van der Waals surface area contributed by atoms with Crippen molar-refractivity contribution in [2.24, 2.45) is 5.92 Å². The standard InChI is InChI=1S/C12H26O4/c1-4-11(2)12(13)10-16-7-5-6-15-9-8-14-3/h11-13H,4-10H2,1-3H3. The number of hydrogen-bond acceptors (Lipinski definition) is 4. The van der Waals surface area contributed by atoms with Crippen LogP contribution >= 0.6 is 0 Å². The van der Waals surface area contributed by atoms with E-state index >= 15 is 0 Å². The highest BCUT2D eigenvalue weighted by atomic mass is 16.5. The molecule has 16 heavy (non-hydrogen) atoms. The topological polar surface area (TPSA) is 47.9 Å².